The summed E-state index contributed by atoms with van der Waals surface area (Å²) in [6.45, 7) is 2.24. The van der Waals surface area contributed by atoms with E-state index in [2.05, 4.69) is 13.0 Å². The van der Waals surface area contributed by atoms with E-state index >= 15 is 0 Å². The molecule has 0 spiro atoms. The standard InChI is InChI=1S/C25H29F3/c1-2-3-16-4-6-17(7-5-16)18-10-11-22(23(26)13-18)20-9-8-19-14-24(27)25(28)15-21(19)12-20/h10-11,13-17,20H,2-9,12H2,1H3. The minimum absolute atomic E-state index is 0.0340. The lowest BCUT2D eigenvalue weighted by atomic mass is 9.76. The minimum atomic E-state index is -0.811. The van der Waals surface area contributed by atoms with E-state index in [9.17, 15) is 13.2 Å². The zero-order valence-electron chi connectivity index (χ0n) is 16.6. The highest BCUT2D eigenvalue weighted by atomic mass is 19.2. The Kier molecular flexibility index (Phi) is 5.80. The van der Waals surface area contributed by atoms with Crippen LogP contribution in [0, 0.1) is 23.4 Å². The van der Waals surface area contributed by atoms with E-state index in [1.54, 1.807) is 6.07 Å². The van der Waals surface area contributed by atoms with Gasteiger partial charge in [0.05, 0.1) is 0 Å². The summed E-state index contributed by atoms with van der Waals surface area (Å²) in [6.07, 6.45) is 9.40. The fourth-order valence-electron chi connectivity index (χ4n) is 5.34. The van der Waals surface area contributed by atoms with Crippen molar-refractivity contribution < 1.29 is 13.2 Å². The summed E-state index contributed by atoms with van der Waals surface area (Å²) >= 11 is 0. The first-order chi connectivity index (χ1) is 13.5. The number of hydrogen-bond acceptors (Lipinski definition) is 0. The third kappa shape index (κ3) is 3.99. The Morgan fingerprint density at radius 1 is 0.786 bits per heavy atom. The highest BCUT2D eigenvalue weighted by Gasteiger charge is 2.26. The van der Waals surface area contributed by atoms with Gasteiger partial charge in [0.25, 0.3) is 0 Å². The van der Waals surface area contributed by atoms with Crippen LogP contribution in [0.4, 0.5) is 13.2 Å². The van der Waals surface area contributed by atoms with Gasteiger partial charge in [-0.25, -0.2) is 13.2 Å². The van der Waals surface area contributed by atoms with E-state index in [4.69, 9.17) is 0 Å². The van der Waals surface area contributed by atoms with Crippen molar-refractivity contribution in [2.24, 2.45) is 5.92 Å². The second kappa shape index (κ2) is 8.31. The molecule has 1 saturated carbocycles. The second-order valence-corrected chi connectivity index (χ2v) is 8.76. The van der Waals surface area contributed by atoms with Crippen LogP contribution in [0.15, 0.2) is 30.3 Å². The van der Waals surface area contributed by atoms with Crippen molar-refractivity contribution in [2.45, 2.75) is 76.5 Å². The molecule has 1 unspecified atom stereocenters. The van der Waals surface area contributed by atoms with E-state index in [-0.39, 0.29) is 11.7 Å². The SMILES string of the molecule is CCCC1CCC(c2ccc(C3CCc4cc(F)c(F)cc4C3)c(F)c2)CC1. The quantitative estimate of drug-likeness (QED) is 0.512. The van der Waals surface area contributed by atoms with Gasteiger partial charge in [-0.2, -0.15) is 0 Å². The van der Waals surface area contributed by atoms with Crippen LogP contribution in [0.5, 0.6) is 0 Å². The summed E-state index contributed by atoms with van der Waals surface area (Å²) in [5.74, 6) is -0.384. The first kappa shape index (κ1) is 19.5. The van der Waals surface area contributed by atoms with Crippen LogP contribution in [0.2, 0.25) is 0 Å². The first-order valence-corrected chi connectivity index (χ1v) is 10.8. The molecule has 2 aliphatic rings. The smallest absolute Gasteiger partial charge is 0.159 e. The van der Waals surface area contributed by atoms with Gasteiger partial charge < -0.3 is 0 Å². The molecule has 0 aromatic heterocycles. The fourth-order valence-corrected chi connectivity index (χ4v) is 5.34. The van der Waals surface area contributed by atoms with Gasteiger partial charge in [0.2, 0.25) is 0 Å². The number of aryl methyl sites for hydroxylation is 1. The van der Waals surface area contributed by atoms with Gasteiger partial charge in [-0.1, -0.05) is 31.9 Å². The molecule has 0 saturated heterocycles. The molecule has 0 radical (unpaired) electrons. The molecule has 2 aromatic rings. The fraction of sp³-hybridized carbons (Fsp3) is 0.520. The lowest BCUT2D eigenvalue weighted by Crippen LogP contribution is -2.16. The van der Waals surface area contributed by atoms with Crippen LogP contribution in [0.3, 0.4) is 0 Å². The largest absolute Gasteiger partial charge is 0.207 e. The van der Waals surface area contributed by atoms with E-state index in [0.29, 0.717) is 18.8 Å². The topological polar surface area (TPSA) is 0 Å². The van der Waals surface area contributed by atoms with Crippen molar-refractivity contribution in [3.05, 3.63) is 70.0 Å². The number of halogens is 3. The third-order valence-corrected chi connectivity index (χ3v) is 6.95. The molecule has 0 bridgehead atoms. The molecule has 0 aliphatic heterocycles. The Morgan fingerprint density at radius 3 is 2.18 bits per heavy atom. The van der Waals surface area contributed by atoms with Crippen molar-refractivity contribution >= 4 is 0 Å². The van der Waals surface area contributed by atoms with Crippen LogP contribution in [-0.2, 0) is 12.8 Å². The molecule has 28 heavy (non-hydrogen) atoms. The first-order valence-electron chi connectivity index (χ1n) is 10.8. The van der Waals surface area contributed by atoms with E-state index in [0.717, 1.165) is 47.4 Å². The summed E-state index contributed by atoms with van der Waals surface area (Å²) in [7, 11) is 0. The van der Waals surface area contributed by atoms with E-state index < -0.39 is 11.6 Å². The third-order valence-electron chi connectivity index (χ3n) is 6.95. The monoisotopic (exact) mass is 386 g/mol. The normalized spacial score (nSPS) is 24.8. The molecule has 2 aromatic carbocycles. The van der Waals surface area contributed by atoms with Gasteiger partial charge in [-0.15, -0.1) is 0 Å². The van der Waals surface area contributed by atoms with Crippen molar-refractivity contribution in [3.8, 4) is 0 Å². The van der Waals surface area contributed by atoms with Crippen LogP contribution >= 0.6 is 0 Å². The molecule has 0 amide bonds. The van der Waals surface area contributed by atoms with E-state index in [1.165, 1.54) is 37.8 Å². The maximum Gasteiger partial charge on any atom is 0.159 e. The maximum absolute atomic E-state index is 15.0. The molecular weight excluding hydrogens is 357 g/mol. The van der Waals surface area contributed by atoms with Gasteiger partial charge in [0, 0.05) is 0 Å². The average Bonchev–Trinajstić information content (AvgIpc) is 2.69. The van der Waals surface area contributed by atoms with Crippen LogP contribution in [0.25, 0.3) is 0 Å². The summed E-state index contributed by atoms with van der Waals surface area (Å²) in [5.41, 5.74) is 3.52. The van der Waals surface area contributed by atoms with Crippen molar-refractivity contribution in [2.75, 3.05) is 0 Å². The van der Waals surface area contributed by atoms with Gasteiger partial charge in [-0.3, -0.25) is 0 Å². The number of fused-ring (bicyclic) bond motifs is 1. The predicted octanol–water partition coefficient (Wildman–Crippen LogP) is 7.45. The molecule has 2 aliphatic carbocycles. The lowest BCUT2D eigenvalue weighted by Gasteiger charge is -2.29. The van der Waals surface area contributed by atoms with Crippen LogP contribution in [0.1, 0.15) is 86.0 Å². The minimum Gasteiger partial charge on any atom is -0.207 e. The van der Waals surface area contributed by atoms with Crippen LogP contribution < -0.4 is 0 Å². The molecule has 0 N–H and O–H groups in total. The molecule has 0 nitrogen and oxygen atoms in total. The van der Waals surface area contributed by atoms with Gasteiger partial charge >= 0.3 is 0 Å². The van der Waals surface area contributed by atoms with Crippen molar-refractivity contribution in [3.63, 3.8) is 0 Å². The molecule has 1 fully saturated rings. The molecular formula is C25H29F3. The van der Waals surface area contributed by atoms with Gasteiger partial charge in [0.1, 0.15) is 5.82 Å². The zero-order chi connectivity index (χ0) is 19.7. The summed E-state index contributed by atoms with van der Waals surface area (Å²) in [6, 6.07) is 8.37. The summed E-state index contributed by atoms with van der Waals surface area (Å²) in [5, 5.41) is 0. The van der Waals surface area contributed by atoms with Gasteiger partial charge in [-0.05, 0) is 103 Å². The number of benzene rings is 2. The second-order valence-electron chi connectivity index (χ2n) is 8.76. The predicted molar refractivity (Wildman–Crippen MR) is 107 cm³/mol. The molecule has 3 heteroatoms. The summed E-state index contributed by atoms with van der Waals surface area (Å²) in [4.78, 5) is 0. The van der Waals surface area contributed by atoms with Gasteiger partial charge in [0.15, 0.2) is 11.6 Å². The highest BCUT2D eigenvalue weighted by molar-refractivity contribution is 5.37. The zero-order valence-corrected chi connectivity index (χ0v) is 16.6. The highest BCUT2D eigenvalue weighted by Crippen LogP contribution is 2.40. The Hall–Kier alpha value is -1.77. The van der Waals surface area contributed by atoms with E-state index in [1.807, 2.05) is 6.07 Å². The number of rotatable bonds is 4. The lowest BCUT2D eigenvalue weighted by molar-refractivity contribution is 0.308. The number of hydrogen-bond donors (Lipinski definition) is 0. The Labute approximate surface area is 166 Å². The Balaban J connectivity index is 1.47. The van der Waals surface area contributed by atoms with Crippen molar-refractivity contribution in [1.82, 2.24) is 0 Å². The van der Waals surface area contributed by atoms with Crippen LogP contribution in [-0.4, -0.2) is 0 Å². The molecule has 150 valence electrons. The molecule has 1 atom stereocenters. The maximum atomic E-state index is 15.0. The Bertz CT molecular complexity index is 834. The Morgan fingerprint density at radius 2 is 1.50 bits per heavy atom. The summed E-state index contributed by atoms with van der Waals surface area (Å²) < 4.78 is 42.0. The molecule has 0 heterocycles. The average molecular weight is 387 g/mol. The van der Waals surface area contributed by atoms with Crippen molar-refractivity contribution in [1.29, 1.82) is 0 Å². The molecule has 4 rings (SSSR count).